The van der Waals surface area contributed by atoms with Crippen molar-refractivity contribution < 1.29 is 17.6 Å². The third kappa shape index (κ3) is 5.35. The van der Waals surface area contributed by atoms with Crippen LogP contribution in [0.15, 0.2) is 53.6 Å². The standard InChI is InChI=1S/C17H19F4N5/c18-10-3-11-26(23)25-16(22)14-4-1-2-5-15(14)24-13-8-6-12(7-9-13)17(19,20)21/h1-2,4-9,24H,3,10-11,23H2,(H2,22,25). The normalized spacial score (nSPS) is 12.1. The number of halogens is 4. The van der Waals surface area contributed by atoms with Gasteiger partial charge < -0.3 is 11.1 Å². The van der Waals surface area contributed by atoms with E-state index in [4.69, 9.17) is 11.6 Å². The number of alkyl halides is 4. The third-order valence-corrected chi connectivity index (χ3v) is 3.45. The molecule has 9 heteroatoms. The van der Waals surface area contributed by atoms with E-state index in [2.05, 4.69) is 10.4 Å². The first-order chi connectivity index (χ1) is 12.3. The lowest BCUT2D eigenvalue weighted by Crippen LogP contribution is -2.30. The first kappa shape index (κ1) is 19.5. The van der Waals surface area contributed by atoms with E-state index in [-0.39, 0.29) is 18.8 Å². The summed E-state index contributed by atoms with van der Waals surface area (Å²) in [6.07, 6.45) is -4.17. The summed E-state index contributed by atoms with van der Waals surface area (Å²) in [5, 5.41) is 8.03. The van der Waals surface area contributed by atoms with E-state index >= 15 is 0 Å². The molecule has 0 spiro atoms. The van der Waals surface area contributed by atoms with Crippen molar-refractivity contribution in [1.29, 1.82) is 0 Å². The number of rotatable bonds is 7. The van der Waals surface area contributed by atoms with Gasteiger partial charge in [-0.3, -0.25) is 4.39 Å². The SMILES string of the molecule is N/C(=N\N(N)CCCF)c1ccccc1Nc1ccc(C(F)(F)F)cc1. The molecule has 0 saturated heterocycles. The zero-order chi connectivity index (χ0) is 19.2. The summed E-state index contributed by atoms with van der Waals surface area (Å²) in [6, 6.07) is 11.5. The predicted octanol–water partition coefficient (Wildman–Crippen LogP) is 3.60. The summed E-state index contributed by atoms with van der Waals surface area (Å²) >= 11 is 0. The van der Waals surface area contributed by atoms with Crippen molar-refractivity contribution in [1.82, 2.24) is 5.12 Å². The Morgan fingerprint density at radius 2 is 1.73 bits per heavy atom. The summed E-state index contributed by atoms with van der Waals surface area (Å²) in [5.74, 6) is 5.73. The molecule has 26 heavy (non-hydrogen) atoms. The Balaban J connectivity index is 2.20. The van der Waals surface area contributed by atoms with Gasteiger partial charge in [0.05, 0.1) is 18.8 Å². The number of hydrazone groups is 1. The van der Waals surface area contributed by atoms with Crippen molar-refractivity contribution in [2.45, 2.75) is 12.6 Å². The lowest BCUT2D eigenvalue weighted by atomic mass is 10.1. The minimum Gasteiger partial charge on any atom is -0.382 e. The molecule has 0 atom stereocenters. The van der Waals surface area contributed by atoms with Crippen LogP contribution in [-0.4, -0.2) is 24.2 Å². The highest BCUT2D eigenvalue weighted by Crippen LogP contribution is 2.30. The number of anilines is 2. The van der Waals surface area contributed by atoms with Gasteiger partial charge in [0.15, 0.2) is 5.84 Å². The highest BCUT2D eigenvalue weighted by atomic mass is 19.4. The highest BCUT2D eigenvalue weighted by molar-refractivity contribution is 6.02. The average molecular weight is 369 g/mol. The van der Waals surface area contributed by atoms with E-state index in [1.807, 2.05) is 0 Å². The quantitative estimate of drug-likeness (QED) is 0.229. The minimum absolute atomic E-state index is 0.0985. The van der Waals surface area contributed by atoms with Crippen molar-refractivity contribution >= 4 is 17.2 Å². The number of nitrogens with one attached hydrogen (secondary N) is 1. The number of hydrogen-bond donors (Lipinski definition) is 3. The molecule has 0 aliphatic rings. The second-order valence-corrected chi connectivity index (χ2v) is 5.44. The van der Waals surface area contributed by atoms with Gasteiger partial charge in [-0.05, 0) is 42.8 Å². The number of para-hydroxylation sites is 1. The number of hydrogen-bond acceptors (Lipinski definition) is 4. The molecule has 5 nitrogen and oxygen atoms in total. The maximum Gasteiger partial charge on any atom is 0.416 e. The lowest BCUT2D eigenvalue weighted by molar-refractivity contribution is -0.137. The van der Waals surface area contributed by atoms with Crippen LogP contribution in [0.5, 0.6) is 0 Å². The fourth-order valence-corrected chi connectivity index (χ4v) is 2.18. The van der Waals surface area contributed by atoms with Gasteiger partial charge in [-0.25, -0.2) is 11.0 Å². The van der Waals surface area contributed by atoms with Gasteiger partial charge >= 0.3 is 6.18 Å². The molecule has 0 aromatic heterocycles. The molecular formula is C17H19F4N5. The van der Waals surface area contributed by atoms with E-state index in [1.165, 1.54) is 12.1 Å². The maximum absolute atomic E-state index is 12.6. The Hall–Kier alpha value is -2.81. The molecule has 0 aliphatic carbocycles. The lowest BCUT2D eigenvalue weighted by Gasteiger charge is -2.15. The van der Waals surface area contributed by atoms with E-state index in [0.29, 0.717) is 16.9 Å². The molecule has 2 rings (SSSR count). The van der Waals surface area contributed by atoms with Gasteiger partial charge in [0.2, 0.25) is 0 Å². The largest absolute Gasteiger partial charge is 0.416 e. The average Bonchev–Trinajstić information content (AvgIpc) is 2.60. The summed E-state index contributed by atoms with van der Waals surface area (Å²) in [5.41, 5.74) is 6.74. The second-order valence-electron chi connectivity index (χ2n) is 5.44. The molecule has 140 valence electrons. The molecule has 0 aliphatic heterocycles. The van der Waals surface area contributed by atoms with Crippen LogP contribution in [0.25, 0.3) is 0 Å². The van der Waals surface area contributed by atoms with E-state index in [1.54, 1.807) is 24.3 Å². The van der Waals surface area contributed by atoms with Crippen molar-refractivity contribution in [3.05, 3.63) is 59.7 Å². The first-order valence-corrected chi connectivity index (χ1v) is 7.77. The zero-order valence-corrected chi connectivity index (χ0v) is 13.8. The molecule has 0 bridgehead atoms. The predicted molar refractivity (Wildman–Crippen MR) is 93.4 cm³/mol. The third-order valence-electron chi connectivity index (χ3n) is 3.45. The Kier molecular flexibility index (Phi) is 6.40. The van der Waals surface area contributed by atoms with Gasteiger partial charge in [0.25, 0.3) is 0 Å². The van der Waals surface area contributed by atoms with Gasteiger partial charge in [0, 0.05) is 16.9 Å². The van der Waals surface area contributed by atoms with Crippen LogP contribution in [-0.2, 0) is 6.18 Å². The van der Waals surface area contributed by atoms with Crippen molar-refractivity contribution in [2.75, 3.05) is 18.5 Å². The van der Waals surface area contributed by atoms with Crippen LogP contribution in [0.2, 0.25) is 0 Å². The molecule has 0 unspecified atom stereocenters. The van der Waals surface area contributed by atoms with Crippen molar-refractivity contribution in [2.24, 2.45) is 16.7 Å². The van der Waals surface area contributed by atoms with Gasteiger partial charge in [0.1, 0.15) is 0 Å². The van der Waals surface area contributed by atoms with Crippen LogP contribution in [0.1, 0.15) is 17.5 Å². The Morgan fingerprint density at radius 1 is 1.08 bits per heavy atom. The van der Waals surface area contributed by atoms with Gasteiger partial charge in [-0.2, -0.15) is 13.2 Å². The van der Waals surface area contributed by atoms with Crippen molar-refractivity contribution in [3.8, 4) is 0 Å². The Morgan fingerprint density at radius 3 is 2.35 bits per heavy atom. The number of nitrogens with two attached hydrogens (primary N) is 2. The van der Waals surface area contributed by atoms with Crippen LogP contribution in [0.4, 0.5) is 28.9 Å². The molecule has 0 heterocycles. The number of nitrogens with zero attached hydrogens (tertiary/aromatic N) is 2. The Bertz CT molecular complexity index is 744. The summed E-state index contributed by atoms with van der Waals surface area (Å²) in [7, 11) is 0. The van der Waals surface area contributed by atoms with Crippen LogP contribution >= 0.6 is 0 Å². The molecular weight excluding hydrogens is 350 g/mol. The van der Waals surface area contributed by atoms with Crippen LogP contribution in [0.3, 0.4) is 0 Å². The fourth-order valence-electron chi connectivity index (χ4n) is 2.18. The minimum atomic E-state index is -4.39. The van der Waals surface area contributed by atoms with Crippen LogP contribution < -0.4 is 16.9 Å². The van der Waals surface area contributed by atoms with Gasteiger partial charge in [-0.1, -0.05) is 12.1 Å². The monoisotopic (exact) mass is 369 g/mol. The van der Waals surface area contributed by atoms with E-state index in [0.717, 1.165) is 17.3 Å². The molecule has 2 aromatic carbocycles. The molecule has 0 fully saturated rings. The number of benzene rings is 2. The maximum atomic E-state index is 12.6. The van der Waals surface area contributed by atoms with E-state index < -0.39 is 18.4 Å². The second kappa shape index (κ2) is 8.52. The zero-order valence-electron chi connectivity index (χ0n) is 13.8. The summed E-state index contributed by atoms with van der Waals surface area (Å²) in [4.78, 5) is 0. The Labute approximate surface area is 148 Å². The number of hydrazine groups is 1. The van der Waals surface area contributed by atoms with Crippen LogP contribution in [0, 0.1) is 0 Å². The van der Waals surface area contributed by atoms with Crippen molar-refractivity contribution in [3.63, 3.8) is 0 Å². The first-order valence-electron chi connectivity index (χ1n) is 7.77. The summed E-state index contributed by atoms with van der Waals surface area (Å²) < 4.78 is 50.1. The number of amidine groups is 1. The molecule has 0 radical (unpaired) electrons. The van der Waals surface area contributed by atoms with E-state index in [9.17, 15) is 17.6 Å². The fraction of sp³-hybridized carbons (Fsp3) is 0.235. The smallest absolute Gasteiger partial charge is 0.382 e. The van der Waals surface area contributed by atoms with Gasteiger partial charge in [-0.15, -0.1) is 5.10 Å². The molecule has 0 amide bonds. The molecule has 5 N–H and O–H groups in total. The molecule has 2 aromatic rings. The summed E-state index contributed by atoms with van der Waals surface area (Å²) in [6.45, 7) is -0.319. The highest BCUT2D eigenvalue weighted by Gasteiger charge is 2.29. The topological polar surface area (TPSA) is 79.7 Å². The molecule has 0 saturated carbocycles.